The highest BCUT2D eigenvalue weighted by Gasteiger charge is 2.27. The largest absolute Gasteiger partial charge is 0.329 e. The minimum absolute atomic E-state index is 0.456. The van der Waals surface area contributed by atoms with Gasteiger partial charge in [0.05, 0.1) is 0 Å². The van der Waals surface area contributed by atoms with E-state index >= 15 is 0 Å². The quantitative estimate of drug-likeness (QED) is 0.902. The van der Waals surface area contributed by atoms with Crippen molar-refractivity contribution >= 4 is 11.6 Å². The minimum atomic E-state index is 0.456. The molecule has 0 aliphatic carbocycles. The molecule has 1 heterocycles. The Labute approximate surface area is 115 Å². The zero-order valence-electron chi connectivity index (χ0n) is 11.1. The molecule has 1 fully saturated rings. The van der Waals surface area contributed by atoms with E-state index in [1.807, 2.05) is 12.1 Å². The Morgan fingerprint density at radius 3 is 2.94 bits per heavy atom. The van der Waals surface area contributed by atoms with Crippen LogP contribution in [0.5, 0.6) is 0 Å². The molecule has 18 heavy (non-hydrogen) atoms. The normalized spacial score (nSPS) is 22.9. The number of likely N-dealkylation sites (tertiary alicyclic amines) is 1. The van der Waals surface area contributed by atoms with E-state index in [9.17, 15) is 0 Å². The van der Waals surface area contributed by atoms with Gasteiger partial charge in [0.1, 0.15) is 0 Å². The third-order valence-electron chi connectivity index (χ3n) is 3.97. The van der Waals surface area contributed by atoms with Gasteiger partial charge in [-0.15, -0.1) is 0 Å². The molecule has 1 aromatic carbocycles. The monoisotopic (exact) mass is 266 g/mol. The number of halogens is 1. The number of benzene rings is 1. The molecule has 3 heteroatoms. The fourth-order valence-electron chi connectivity index (χ4n) is 3.06. The van der Waals surface area contributed by atoms with Crippen LogP contribution in [0.15, 0.2) is 24.3 Å². The maximum Gasteiger partial charge on any atom is 0.0409 e. The Bertz CT molecular complexity index is 381. The van der Waals surface area contributed by atoms with Crippen molar-refractivity contribution in [2.24, 2.45) is 5.73 Å². The Balaban J connectivity index is 2.21. The predicted molar refractivity (Wildman–Crippen MR) is 77.9 cm³/mol. The summed E-state index contributed by atoms with van der Waals surface area (Å²) in [5, 5.41) is 0.826. The second kappa shape index (κ2) is 6.55. The van der Waals surface area contributed by atoms with Gasteiger partial charge in [0.15, 0.2) is 0 Å². The van der Waals surface area contributed by atoms with Gasteiger partial charge in [-0.1, -0.05) is 37.1 Å². The van der Waals surface area contributed by atoms with Crippen LogP contribution in [-0.2, 0) is 0 Å². The summed E-state index contributed by atoms with van der Waals surface area (Å²) in [6.45, 7) is 4.16. The van der Waals surface area contributed by atoms with Gasteiger partial charge in [0.25, 0.3) is 0 Å². The zero-order chi connectivity index (χ0) is 13.0. The Morgan fingerprint density at radius 1 is 1.44 bits per heavy atom. The van der Waals surface area contributed by atoms with Crippen molar-refractivity contribution in [2.75, 3.05) is 13.1 Å². The molecule has 2 atom stereocenters. The molecule has 0 bridgehead atoms. The third kappa shape index (κ3) is 3.05. The van der Waals surface area contributed by atoms with Crippen molar-refractivity contribution in [3.63, 3.8) is 0 Å². The van der Waals surface area contributed by atoms with E-state index in [2.05, 4.69) is 24.0 Å². The molecule has 1 saturated heterocycles. The van der Waals surface area contributed by atoms with Crippen molar-refractivity contribution in [1.29, 1.82) is 0 Å². The lowest BCUT2D eigenvalue weighted by Crippen LogP contribution is -2.45. The molecule has 1 aliphatic rings. The smallest absolute Gasteiger partial charge is 0.0409 e. The van der Waals surface area contributed by atoms with Crippen molar-refractivity contribution in [3.05, 3.63) is 34.9 Å². The van der Waals surface area contributed by atoms with Crippen LogP contribution in [0, 0.1) is 0 Å². The first-order valence-electron chi connectivity index (χ1n) is 6.97. The van der Waals surface area contributed by atoms with Gasteiger partial charge in [-0.3, -0.25) is 4.90 Å². The highest BCUT2D eigenvalue weighted by molar-refractivity contribution is 6.30. The first-order chi connectivity index (χ1) is 8.76. The van der Waals surface area contributed by atoms with Crippen LogP contribution < -0.4 is 5.73 Å². The van der Waals surface area contributed by atoms with Crippen LogP contribution in [0.1, 0.15) is 44.2 Å². The summed E-state index contributed by atoms with van der Waals surface area (Å²) >= 11 is 6.11. The number of rotatable bonds is 4. The van der Waals surface area contributed by atoms with Crippen LogP contribution in [0.4, 0.5) is 0 Å². The van der Waals surface area contributed by atoms with Crippen molar-refractivity contribution in [2.45, 2.75) is 44.7 Å². The Kier molecular flexibility index (Phi) is 5.04. The van der Waals surface area contributed by atoms with E-state index in [0.29, 0.717) is 12.1 Å². The minimum Gasteiger partial charge on any atom is -0.329 e. The molecule has 2 nitrogen and oxygen atoms in total. The van der Waals surface area contributed by atoms with Crippen LogP contribution in [0.25, 0.3) is 0 Å². The maximum atomic E-state index is 6.11. The molecule has 1 aromatic rings. The van der Waals surface area contributed by atoms with Gasteiger partial charge < -0.3 is 5.73 Å². The molecular weight excluding hydrogens is 244 g/mol. The summed E-state index contributed by atoms with van der Waals surface area (Å²) in [5.74, 6) is 0. The number of nitrogens with zero attached hydrogens (tertiary/aromatic N) is 1. The summed E-state index contributed by atoms with van der Waals surface area (Å²) in [7, 11) is 0. The lowest BCUT2D eigenvalue weighted by Gasteiger charge is -2.40. The van der Waals surface area contributed by atoms with Crippen LogP contribution in [0.3, 0.4) is 0 Å². The molecule has 2 rings (SSSR count). The van der Waals surface area contributed by atoms with Crippen LogP contribution in [-0.4, -0.2) is 24.0 Å². The highest BCUT2D eigenvalue weighted by Crippen LogP contribution is 2.31. The highest BCUT2D eigenvalue weighted by atomic mass is 35.5. The molecule has 0 aromatic heterocycles. The van der Waals surface area contributed by atoms with Gasteiger partial charge in [0, 0.05) is 23.7 Å². The molecule has 1 aliphatic heterocycles. The molecular formula is C15H23ClN2. The molecule has 0 spiro atoms. The average Bonchev–Trinajstić information content (AvgIpc) is 2.40. The van der Waals surface area contributed by atoms with E-state index in [1.165, 1.54) is 24.8 Å². The molecule has 0 amide bonds. The fourth-order valence-corrected chi connectivity index (χ4v) is 3.26. The number of hydrogen-bond acceptors (Lipinski definition) is 2. The van der Waals surface area contributed by atoms with E-state index in [1.54, 1.807) is 0 Å². The molecule has 100 valence electrons. The van der Waals surface area contributed by atoms with Gasteiger partial charge >= 0.3 is 0 Å². The van der Waals surface area contributed by atoms with Crippen molar-refractivity contribution in [3.8, 4) is 0 Å². The number of hydrogen-bond donors (Lipinski definition) is 1. The average molecular weight is 267 g/mol. The van der Waals surface area contributed by atoms with Gasteiger partial charge in [-0.25, -0.2) is 0 Å². The van der Waals surface area contributed by atoms with Crippen LogP contribution in [0.2, 0.25) is 5.02 Å². The van der Waals surface area contributed by atoms with Gasteiger partial charge in [-0.2, -0.15) is 0 Å². The first-order valence-corrected chi connectivity index (χ1v) is 7.35. The first kappa shape index (κ1) is 13.9. The zero-order valence-corrected chi connectivity index (χ0v) is 11.9. The second-order valence-electron chi connectivity index (χ2n) is 5.10. The molecule has 0 radical (unpaired) electrons. The lowest BCUT2D eigenvalue weighted by atomic mass is 9.95. The van der Waals surface area contributed by atoms with Gasteiger partial charge in [-0.05, 0) is 43.5 Å². The predicted octanol–water partition coefficient (Wildman–Crippen LogP) is 3.60. The summed E-state index contributed by atoms with van der Waals surface area (Å²) in [5.41, 5.74) is 7.25. The maximum absolute atomic E-state index is 6.11. The summed E-state index contributed by atoms with van der Waals surface area (Å²) in [6.07, 6.45) is 4.93. The van der Waals surface area contributed by atoms with Crippen molar-refractivity contribution < 1.29 is 0 Å². The second-order valence-corrected chi connectivity index (χ2v) is 5.54. The Hall–Kier alpha value is -0.570. The number of piperidine rings is 1. The molecule has 2 unspecified atom stereocenters. The topological polar surface area (TPSA) is 29.3 Å². The van der Waals surface area contributed by atoms with E-state index in [4.69, 9.17) is 17.3 Å². The van der Waals surface area contributed by atoms with E-state index in [-0.39, 0.29) is 0 Å². The van der Waals surface area contributed by atoms with E-state index < -0.39 is 0 Å². The summed E-state index contributed by atoms with van der Waals surface area (Å²) < 4.78 is 0. The Morgan fingerprint density at radius 2 is 2.28 bits per heavy atom. The summed E-state index contributed by atoms with van der Waals surface area (Å²) in [4.78, 5) is 2.58. The standard InChI is InChI=1S/C15H23ClN2/c1-2-15(12-6-5-7-13(16)10-12)18-9-4-3-8-14(18)11-17/h5-7,10,14-15H,2-4,8-9,11,17H2,1H3. The van der Waals surface area contributed by atoms with Crippen molar-refractivity contribution in [1.82, 2.24) is 4.90 Å². The third-order valence-corrected chi connectivity index (χ3v) is 4.20. The fraction of sp³-hybridized carbons (Fsp3) is 0.600. The molecule has 0 saturated carbocycles. The van der Waals surface area contributed by atoms with E-state index in [0.717, 1.165) is 24.5 Å². The SMILES string of the molecule is CCC(c1cccc(Cl)c1)N1CCCCC1CN. The van der Waals surface area contributed by atoms with Gasteiger partial charge in [0.2, 0.25) is 0 Å². The molecule has 2 N–H and O–H groups in total. The summed E-state index contributed by atoms with van der Waals surface area (Å²) in [6, 6.07) is 9.25. The van der Waals surface area contributed by atoms with Crippen LogP contribution >= 0.6 is 11.6 Å². The number of nitrogens with two attached hydrogens (primary N) is 1. The lowest BCUT2D eigenvalue weighted by molar-refractivity contribution is 0.0960.